The minimum Gasteiger partial charge on any atom is -0.486 e. The number of nitrogens with zero attached hydrogens (tertiary/aromatic N) is 3. The summed E-state index contributed by atoms with van der Waals surface area (Å²) in [6.07, 6.45) is 6.75. The fraction of sp³-hybridized carbons (Fsp3) is 0.615. The summed E-state index contributed by atoms with van der Waals surface area (Å²) >= 11 is 0. The number of fused-ring (bicyclic) bond motifs is 1. The van der Waals surface area contributed by atoms with Gasteiger partial charge in [0.15, 0.2) is 23.1 Å². The van der Waals surface area contributed by atoms with E-state index >= 15 is 0 Å². The second-order valence-corrected chi connectivity index (χ2v) is 10.7. The van der Waals surface area contributed by atoms with Gasteiger partial charge in [-0.3, -0.25) is 4.90 Å². The SMILES string of the molecule is CC1(C)C[C@H](Nc2nc(Nc3ccc(OC4CCNCC4)c(OC(F)F)c3)ncc2F)C[C@@H]2CCCN21. The largest absolute Gasteiger partial charge is 0.486 e. The van der Waals surface area contributed by atoms with Crippen molar-refractivity contribution in [3.63, 3.8) is 0 Å². The number of rotatable bonds is 8. The van der Waals surface area contributed by atoms with Crippen LogP contribution in [0.25, 0.3) is 0 Å². The maximum absolute atomic E-state index is 14.7. The summed E-state index contributed by atoms with van der Waals surface area (Å²) in [5.41, 5.74) is 0.451. The number of hydrogen-bond acceptors (Lipinski definition) is 8. The molecule has 3 fully saturated rings. The summed E-state index contributed by atoms with van der Waals surface area (Å²) in [6.45, 7) is 4.20. The van der Waals surface area contributed by atoms with Crippen molar-refractivity contribution in [3.05, 3.63) is 30.2 Å². The van der Waals surface area contributed by atoms with E-state index in [9.17, 15) is 13.2 Å². The van der Waals surface area contributed by atoms with Crippen molar-refractivity contribution in [2.75, 3.05) is 30.3 Å². The lowest BCUT2D eigenvalue weighted by molar-refractivity contribution is -0.0522. The molecule has 202 valence electrons. The molecule has 5 rings (SSSR count). The third kappa shape index (κ3) is 6.20. The van der Waals surface area contributed by atoms with E-state index in [4.69, 9.17) is 9.47 Å². The molecule has 3 N–H and O–H groups in total. The van der Waals surface area contributed by atoms with Crippen LogP contribution >= 0.6 is 0 Å². The molecule has 37 heavy (non-hydrogen) atoms. The van der Waals surface area contributed by atoms with Gasteiger partial charge in [0.25, 0.3) is 0 Å². The molecular formula is C26H35F3N6O2. The zero-order valence-electron chi connectivity index (χ0n) is 21.3. The molecule has 1 aromatic carbocycles. The molecule has 3 aliphatic heterocycles. The number of piperidine rings is 2. The second-order valence-electron chi connectivity index (χ2n) is 10.7. The molecule has 2 atom stereocenters. The van der Waals surface area contributed by atoms with E-state index in [0.717, 1.165) is 57.9 Å². The fourth-order valence-corrected chi connectivity index (χ4v) is 5.93. The predicted molar refractivity (Wildman–Crippen MR) is 135 cm³/mol. The molecule has 2 aromatic rings. The van der Waals surface area contributed by atoms with Gasteiger partial charge in [-0.2, -0.15) is 13.8 Å². The summed E-state index contributed by atoms with van der Waals surface area (Å²) in [5.74, 6) is -0.0913. The highest BCUT2D eigenvalue weighted by atomic mass is 19.3. The van der Waals surface area contributed by atoms with Crippen LogP contribution in [0.15, 0.2) is 24.4 Å². The molecule has 3 saturated heterocycles. The normalized spacial score (nSPS) is 24.1. The lowest BCUT2D eigenvalue weighted by atomic mass is 9.84. The summed E-state index contributed by atoms with van der Waals surface area (Å²) in [7, 11) is 0. The van der Waals surface area contributed by atoms with Gasteiger partial charge in [0, 0.05) is 29.4 Å². The first-order valence-corrected chi connectivity index (χ1v) is 13.1. The van der Waals surface area contributed by atoms with E-state index < -0.39 is 12.4 Å². The van der Waals surface area contributed by atoms with Gasteiger partial charge >= 0.3 is 6.61 Å². The van der Waals surface area contributed by atoms with Crippen LogP contribution in [0.3, 0.4) is 0 Å². The van der Waals surface area contributed by atoms with Crippen molar-refractivity contribution in [3.8, 4) is 11.5 Å². The topological polar surface area (TPSA) is 83.6 Å². The van der Waals surface area contributed by atoms with Crippen LogP contribution in [0.4, 0.5) is 30.6 Å². The average Bonchev–Trinajstić information content (AvgIpc) is 3.33. The Kier molecular flexibility index (Phi) is 7.62. The van der Waals surface area contributed by atoms with Crippen LogP contribution in [0.2, 0.25) is 0 Å². The number of ether oxygens (including phenoxy) is 2. The highest BCUT2D eigenvalue weighted by Gasteiger charge is 2.43. The number of alkyl halides is 2. The molecule has 0 saturated carbocycles. The van der Waals surface area contributed by atoms with Crippen molar-refractivity contribution >= 4 is 17.5 Å². The summed E-state index contributed by atoms with van der Waals surface area (Å²) < 4.78 is 51.5. The van der Waals surface area contributed by atoms with Crippen molar-refractivity contribution < 1.29 is 22.6 Å². The third-order valence-corrected chi connectivity index (χ3v) is 7.54. The van der Waals surface area contributed by atoms with Crippen LogP contribution < -0.4 is 25.4 Å². The van der Waals surface area contributed by atoms with Crippen LogP contribution in [0, 0.1) is 5.82 Å². The Hall–Kier alpha value is -2.79. The van der Waals surface area contributed by atoms with E-state index in [1.54, 1.807) is 12.1 Å². The fourth-order valence-electron chi connectivity index (χ4n) is 5.93. The second kappa shape index (κ2) is 10.9. The third-order valence-electron chi connectivity index (χ3n) is 7.54. The number of aromatic nitrogens is 2. The van der Waals surface area contributed by atoms with Crippen LogP contribution in [-0.4, -0.2) is 64.8 Å². The molecule has 0 amide bonds. The zero-order chi connectivity index (χ0) is 26.0. The van der Waals surface area contributed by atoms with Gasteiger partial charge in [0.2, 0.25) is 5.95 Å². The first-order valence-electron chi connectivity index (χ1n) is 13.1. The standard InChI is InChI=1S/C26H35F3N6O2/c1-26(2)14-17(12-18-4-3-11-35(18)26)32-23-20(27)15-31-25(34-23)33-16-5-6-21(22(13-16)37-24(28)29)36-19-7-9-30-10-8-19/h5-6,13,15,17-19,24,30H,3-4,7-12,14H2,1-2H3,(H2,31,32,33,34)/t17-,18+/m1/s1. The molecule has 1 aromatic heterocycles. The average molecular weight is 521 g/mol. The van der Waals surface area contributed by atoms with E-state index in [1.165, 1.54) is 12.5 Å². The molecule has 0 aliphatic carbocycles. The molecule has 0 spiro atoms. The quantitative estimate of drug-likeness (QED) is 0.453. The van der Waals surface area contributed by atoms with Crippen LogP contribution in [0.5, 0.6) is 11.5 Å². The van der Waals surface area contributed by atoms with Crippen LogP contribution in [0.1, 0.15) is 52.4 Å². The Morgan fingerprint density at radius 3 is 2.76 bits per heavy atom. The summed E-state index contributed by atoms with van der Waals surface area (Å²) in [5, 5.41) is 9.52. The molecule has 0 radical (unpaired) electrons. The minimum absolute atomic E-state index is 0.0285. The highest BCUT2D eigenvalue weighted by Crippen LogP contribution is 2.39. The number of hydrogen-bond donors (Lipinski definition) is 3. The van der Waals surface area contributed by atoms with Gasteiger partial charge in [0.1, 0.15) is 6.10 Å². The first-order chi connectivity index (χ1) is 17.8. The maximum Gasteiger partial charge on any atom is 0.387 e. The number of halogens is 3. The lowest BCUT2D eigenvalue weighted by Crippen LogP contribution is -2.55. The van der Waals surface area contributed by atoms with Gasteiger partial charge in [-0.1, -0.05) is 0 Å². The zero-order valence-corrected chi connectivity index (χ0v) is 21.3. The highest BCUT2D eigenvalue weighted by molar-refractivity contribution is 5.60. The molecule has 3 aliphatic rings. The van der Waals surface area contributed by atoms with Crippen molar-refractivity contribution in [1.82, 2.24) is 20.2 Å². The number of benzene rings is 1. The molecule has 0 bridgehead atoms. The van der Waals surface area contributed by atoms with Crippen molar-refractivity contribution in [2.45, 2.75) is 82.7 Å². The Morgan fingerprint density at radius 2 is 1.97 bits per heavy atom. The first kappa shape index (κ1) is 25.8. The molecular weight excluding hydrogens is 485 g/mol. The Labute approximate surface area is 215 Å². The maximum atomic E-state index is 14.7. The molecule has 8 nitrogen and oxygen atoms in total. The monoisotopic (exact) mass is 520 g/mol. The van der Waals surface area contributed by atoms with Gasteiger partial charge < -0.3 is 25.4 Å². The Balaban J connectivity index is 1.30. The Bertz CT molecular complexity index is 1080. The summed E-state index contributed by atoms with van der Waals surface area (Å²) in [4.78, 5) is 11.0. The smallest absolute Gasteiger partial charge is 0.387 e. The van der Waals surface area contributed by atoms with E-state index in [-0.39, 0.29) is 40.9 Å². The van der Waals surface area contributed by atoms with Gasteiger partial charge in [-0.25, -0.2) is 9.37 Å². The predicted octanol–water partition coefficient (Wildman–Crippen LogP) is 4.91. The molecule has 4 heterocycles. The van der Waals surface area contributed by atoms with Gasteiger partial charge in [0.05, 0.1) is 6.20 Å². The number of nitrogens with one attached hydrogen (secondary N) is 3. The molecule has 11 heteroatoms. The lowest BCUT2D eigenvalue weighted by Gasteiger charge is -2.47. The number of anilines is 3. The van der Waals surface area contributed by atoms with Crippen molar-refractivity contribution in [2.24, 2.45) is 0 Å². The van der Waals surface area contributed by atoms with Crippen LogP contribution in [-0.2, 0) is 0 Å². The molecule has 0 unspecified atom stereocenters. The summed E-state index contributed by atoms with van der Waals surface area (Å²) in [6, 6.07) is 5.25. The van der Waals surface area contributed by atoms with Gasteiger partial charge in [-0.05, 0) is 84.1 Å². The van der Waals surface area contributed by atoms with Crippen molar-refractivity contribution in [1.29, 1.82) is 0 Å². The Morgan fingerprint density at radius 1 is 1.16 bits per heavy atom. The minimum atomic E-state index is -3.00. The van der Waals surface area contributed by atoms with E-state index in [0.29, 0.717) is 11.7 Å². The van der Waals surface area contributed by atoms with E-state index in [1.807, 2.05) is 0 Å². The van der Waals surface area contributed by atoms with Gasteiger partial charge in [-0.15, -0.1) is 0 Å². The van der Waals surface area contributed by atoms with E-state index in [2.05, 4.69) is 44.7 Å².